The Morgan fingerprint density at radius 3 is 2.22 bits per heavy atom. The first-order valence-corrected chi connectivity index (χ1v) is 14.6. The van der Waals surface area contributed by atoms with Gasteiger partial charge in [-0.15, -0.1) is 0 Å². The van der Waals surface area contributed by atoms with Crippen LogP contribution in [0.2, 0.25) is 0 Å². The van der Waals surface area contributed by atoms with E-state index in [1.165, 1.54) is 23.6 Å². The average molecular weight is 548 g/mol. The normalized spacial score (nSPS) is 15.2. The first-order valence-electron chi connectivity index (χ1n) is 14.6. The molecule has 1 saturated carbocycles. The molecule has 5 heteroatoms. The minimum atomic E-state index is -0.719. The number of rotatable bonds is 12. The highest BCUT2D eigenvalue weighted by Gasteiger charge is 2.44. The molecule has 1 fully saturated rings. The van der Waals surface area contributed by atoms with Crippen LogP contribution in [0.4, 0.5) is 11.4 Å². The summed E-state index contributed by atoms with van der Waals surface area (Å²) in [6, 6.07) is 35.3. The zero-order chi connectivity index (χ0) is 28.8. The van der Waals surface area contributed by atoms with E-state index in [-0.39, 0.29) is 17.5 Å². The van der Waals surface area contributed by atoms with Crippen molar-refractivity contribution in [3.8, 4) is 11.1 Å². The molecule has 5 rings (SSSR count). The number of carbonyl (C=O) groups excluding carboxylic acids is 1. The van der Waals surface area contributed by atoms with Gasteiger partial charge >= 0.3 is 0 Å². The summed E-state index contributed by atoms with van der Waals surface area (Å²) in [6.45, 7) is 6.33. The number of hydrogen-bond acceptors (Lipinski definition) is 4. The number of aliphatic hydroxyl groups is 1. The smallest absolute Gasteiger partial charge is 0.217 e. The zero-order valence-electron chi connectivity index (χ0n) is 24.2. The van der Waals surface area contributed by atoms with Crippen LogP contribution >= 0.6 is 0 Å². The van der Waals surface area contributed by atoms with E-state index in [1.54, 1.807) is 0 Å². The van der Waals surface area contributed by atoms with E-state index in [0.29, 0.717) is 18.9 Å². The third-order valence-electron chi connectivity index (χ3n) is 8.03. The molecule has 1 aliphatic carbocycles. The summed E-state index contributed by atoms with van der Waals surface area (Å²) in [6.07, 6.45) is 1.93. The second kappa shape index (κ2) is 12.7. The molecule has 0 aliphatic heterocycles. The van der Waals surface area contributed by atoms with Gasteiger partial charge < -0.3 is 21.1 Å². The van der Waals surface area contributed by atoms with Crippen LogP contribution < -0.4 is 16.0 Å². The lowest BCUT2D eigenvalue weighted by atomic mass is 9.96. The van der Waals surface area contributed by atoms with Gasteiger partial charge in [-0.25, -0.2) is 0 Å². The topological polar surface area (TPSA) is 73.4 Å². The van der Waals surface area contributed by atoms with Gasteiger partial charge in [0, 0.05) is 30.4 Å². The third-order valence-corrected chi connectivity index (χ3v) is 8.03. The van der Waals surface area contributed by atoms with Crippen molar-refractivity contribution in [3.63, 3.8) is 0 Å². The Bertz CT molecular complexity index is 1450. The van der Waals surface area contributed by atoms with Gasteiger partial charge in [0.25, 0.3) is 0 Å². The Kier molecular flexibility index (Phi) is 8.87. The number of nitrogens with one attached hydrogen (secondary N) is 3. The molecule has 41 heavy (non-hydrogen) atoms. The predicted molar refractivity (Wildman–Crippen MR) is 168 cm³/mol. The summed E-state index contributed by atoms with van der Waals surface area (Å²) in [5.74, 6) is 0.331. The van der Waals surface area contributed by atoms with Crippen LogP contribution in [0.5, 0.6) is 0 Å². The average Bonchev–Trinajstić information content (AvgIpc) is 3.78. The molecule has 0 radical (unpaired) electrons. The first kappa shape index (κ1) is 28.6. The van der Waals surface area contributed by atoms with E-state index in [1.807, 2.05) is 30.3 Å². The minimum Gasteiger partial charge on any atom is -0.390 e. The molecule has 0 saturated heterocycles. The van der Waals surface area contributed by atoms with Gasteiger partial charge in [-0.3, -0.25) is 4.79 Å². The van der Waals surface area contributed by atoms with Gasteiger partial charge in [0.15, 0.2) is 0 Å². The molecule has 1 aliphatic rings. The van der Waals surface area contributed by atoms with E-state index in [4.69, 9.17) is 0 Å². The predicted octanol–water partition coefficient (Wildman–Crippen LogP) is 6.91. The van der Waals surface area contributed by atoms with E-state index >= 15 is 0 Å². The second-order valence-corrected chi connectivity index (χ2v) is 11.6. The first-order chi connectivity index (χ1) is 19.8. The Morgan fingerprint density at radius 1 is 0.829 bits per heavy atom. The van der Waals surface area contributed by atoms with Crippen LogP contribution in [-0.4, -0.2) is 29.7 Å². The molecule has 0 bridgehead atoms. The molecule has 4 aromatic rings. The molecule has 212 valence electrons. The monoisotopic (exact) mass is 547 g/mol. The molecule has 4 N–H and O–H groups in total. The summed E-state index contributed by atoms with van der Waals surface area (Å²) in [7, 11) is 0. The van der Waals surface area contributed by atoms with E-state index < -0.39 is 6.10 Å². The Labute approximate surface area is 244 Å². The quantitative estimate of drug-likeness (QED) is 0.156. The van der Waals surface area contributed by atoms with E-state index in [2.05, 4.69) is 103 Å². The Hall–Kier alpha value is -3.93. The highest BCUT2D eigenvalue weighted by Crippen LogP contribution is 2.46. The largest absolute Gasteiger partial charge is 0.390 e. The molecule has 4 aromatic carbocycles. The molecule has 0 heterocycles. The fourth-order valence-electron chi connectivity index (χ4n) is 5.43. The van der Waals surface area contributed by atoms with E-state index in [9.17, 15) is 9.90 Å². The fourth-order valence-corrected chi connectivity index (χ4v) is 5.43. The lowest BCUT2D eigenvalue weighted by Crippen LogP contribution is -2.49. The van der Waals surface area contributed by atoms with E-state index in [0.717, 1.165) is 35.3 Å². The van der Waals surface area contributed by atoms with Crippen LogP contribution in [0.1, 0.15) is 56.2 Å². The summed E-state index contributed by atoms with van der Waals surface area (Å²) in [5.41, 5.74) is 7.92. The summed E-state index contributed by atoms with van der Waals surface area (Å²) < 4.78 is 0. The third kappa shape index (κ3) is 7.43. The number of benzene rings is 4. The SMILES string of the molecule is CC(=O)N[C@@H](Cc1ccc(Nc2cccc(-c3ccccc3)c2)cc1)[C@@H](O)CNC1(c2cccc(C(C)C)c2)CC1. The van der Waals surface area contributed by atoms with Crippen LogP contribution in [-0.2, 0) is 16.8 Å². The molecule has 0 unspecified atom stereocenters. The molecular weight excluding hydrogens is 506 g/mol. The van der Waals surface area contributed by atoms with Crippen LogP contribution in [0, 0.1) is 0 Å². The molecule has 1 amide bonds. The van der Waals surface area contributed by atoms with Crippen molar-refractivity contribution in [1.29, 1.82) is 0 Å². The van der Waals surface area contributed by atoms with Gasteiger partial charge in [-0.05, 0) is 77.3 Å². The number of hydrogen-bond donors (Lipinski definition) is 4. The number of aliphatic hydroxyl groups excluding tert-OH is 1. The number of amides is 1. The van der Waals surface area contributed by atoms with Gasteiger partial charge in [0.1, 0.15) is 0 Å². The highest BCUT2D eigenvalue weighted by atomic mass is 16.3. The molecule has 5 nitrogen and oxygen atoms in total. The molecule has 2 atom stereocenters. The van der Waals surface area contributed by atoms with Gasteiger partial charge in [0.05, 0.1) is 12.1 Å². The second-order valence-electron chi connectivity index (χ2n) is 11.6. The molecular formula is C36H41N3O2. The van der Waals surface area contributed by atoms with Crippen LogP contribution in [0.15, 0.2) is 103 Å². The lowest BCUT2D eigenvalue weighted by Gasteiger charge is -2.27. The summed E-state index contributed by atoms with van der Waals surface area (Å²) in [4.78, 5) is 12.0. The van der Waals surface area contributed by atoms with Crippen molar-refractivity contribution in [1.82, 2.24) is 10.6 Å². The zero-order valence-corrected chi connectivity index (χ0v) is 24.2. The molecule has 0 aromatic heterocycles. The number of carbonyl (C=O) groups is 1. The van der Waals surface area contributed by atoms with Crippen LogP contribution in [0.25, 0.3) is 11.1 Å². The van der Waals surface area contributed by atoms with Crippen molar-refractivity contribution in [2.75, 3.05) is 11.9 Å². The van der Waals surface area contributed by atoms with Crippen molar-refractivity contribution >= 4 is 17.3 Å². The van der Waals surface area contributed by atoms with Gasteiger partial charge in [-0.1, -0.05) is 92.7 Å². The number of anilines is 2. The maximum atomic E-state index is 12.0. The standard InChI is InChI=1S/C36H41N3O2/c1-25(2)29-11-7-13-31(22-29)36(19-20-36)37-24-35(41)34(38-26(3)40)21-27-15-17-32(18-16-27)39-33-14-8-12-30(23-33)28-9-5-4-6-10-28/h4-18,22-23,25,34-35,37,39,41H,19-21,24H2,1-3H3,(H,38,40)/t34-,35-/m0/s1. The van der Waals surface area contributed by atoms with Gasteiger partial charge in [-0.2, -0.15) is 0 Å². The Balaban J connectivity index is 1.21. The van der Waals surface area contributed by atoms with Crippen molar-refractivity contribution in [2.45, 2.75) is 63.6 Å². The van der Waals surface area contributed by atoms with Gasteiger partial charge in [0.2, 0.25) is 5.91 Å². The van der Waals surface area contributed by atoms with Crippen molar-refractivity contribution < 1.29 is 9.90 Å². The molecule has 0 spiro atoms. The lowest BCUT2D eigenvalue weighted by molar-refractivity contribution is -0.120. The maximum Gasteiger partial charge on any atom is 0.217 e. The van der Waals surface area contributed by atoms with Crippen molar-refractivity contribution in [2.24, 2.45) is 0 Å². The summed E-state index contributed by atoms with van der Waals surface area (Å²) >= 11 is 0. The Morgan fingerprint density at radius 2 is 1.54 bits per heavy atom. The maximum absolute atomic E-state index is 12.0. The summed E-state index contributed by atoms with van der Waals surface area (Å²) in [5, 5.41) is 21.3. The van der Waals surface area contributed by atoms with Crippen LogP contribution in [0.3, 0.4) is 0 Å². The fraction of sp³-hybridized carbons (Fsp3) is 0.306. The minimum absolute atomic E-state index is 0.0855. The highest BCUT2D eigenvalue weighted by molar-refractivity contribution is 5.73. The van der Waals surface area contributed by atoms with Crippen molar-refractivity contribution in [3.05, 3.63) is 120 Å².